The zero-order valence-corrected chi connectivity index (χ0v) is 16.5. The normalized spacial score (nSPS) is 26.1. The maximum absolute atomic E-state index is 13.4. The van der Waals surface area contributed by atoms with Gasteiger partial charge in [-0.1, -0.05) is 18.2 Å². The SMILES string of the molecule is CC12CC(c3ccccc3O1)C(C(=O)Nc1ccc3c(c1)OCO3)C(=O)N2CCO. The van der Waals surface area contributed by atoms with Crippen LogP contribution < -0.4 is 19.5 Å². The minimum absolute atomic E-state index is 0.0953. The molecular weight excluding hydrogens is 388 g/mol. The summed E-state index contributed by atoms with van der Waals surface area (Å²) in [5.74, 6) is -0.177. The van der Waals surface area contributed by atoms with Crippen molar-refractivity contribution in [1.29, 1.82) is 0 Å². The van der Waals surface area contributed by atoms with Crippen LogP contribution in [-0.2, 0) is 9.59 Å². The Morgan fingerprint density at radius 2 is 2.00 bits per heavy atom. The Hall–Kier alpha value is -3.26. The van der Waals surface area contributed by atoms with E-state index in [0.717, 1.165) is 5.56 Å². The smallest absolute Gasteiger partial charge is 0.238 e. The van der Waals surface area contributed by atoms with Crippen LogP contribution in [0.15, 0.2) is 42.5 Å². The summed E-state index contributed by atoms with van der Waals surface area (Å²) < 4.78 is 16.8. The Labute approximate surface area is 173 Å². The molecule has 3 aliphatic heterocycles. The highest BCUT2D eigenvalue weighted by atomic mass is 16.7. The molecule has 3 heterocycles. The summed E-state index contributed by atoms with van der Waals surface area (Å²) >= 11 is 0. The molecule has 0 radical (unpaired) electrons. The van der Waals surface area contributed by atoms with Crippen LogP contribution in [0, 0.1) is 5.92 Å². The number of piperidine rings is 1. The number of amides is 2. The van der Waals surface area contributed by atoms with Gasteiger partial charge in [-0.3, -0.25) is 9.59 Å². The number of carbonyl (C=O) groups excluding carboxylic acids is 2. The Kier molecular flexibility index (Phi) is 4.32. The van der Waals surface area contributed by atoms with Crippen LogP contribution >= 0.6 is 0 Å². The number of nitrogens with zero attached hydrogens (tertiary/aromatic N) is 1. The quantitative estimate of drug-likeness (QED) is 0.750. The standard InChI is InChI=1S/C22H22N2O6/c1-22-11-15(14-4-2-3-5-16(14)30-22)19(21(27)24(22)8-9-25)20(26)23-13-6-7-17-18(10-13)29-12-28-17/h2-7,10,15,19,25H,8-9,11-12H2,1H3,(H,23,26). The molecule has 3 aliphatic rings. The van der Waals surface area contributed by atoms with E-state index < -0.39 is 17.6 Å². The second-order valence-corrected chi connectivity index (χ2v) is 7.87. The van der Waals surface area contributed by atoms with E-state index in [2.05, 4.69) is 5.32 Å². The van der Waals surface area contributed by atoms with Crippen molar-refractivity contribution in [1.82, 2.24) is 4.90 Å². The third kappa shape index (κ3) is 2.87. The molecule has 3 unspecified atom stereocenters. The molecule has 0 saturated carbocycles. The van der Waals surface area contributed by atoms with Crippen molar-refractivity contribution in [3.63, 3.8) is 0 Å². The summed E-state index contributed by atoms with van der Waals surface area (Å²) in [7, 11) is 0. The third-order valence-corrected chi connectivity index (χ3v) is 6.00. The van der Waals surface area contributed by atoms with E-state index in [1.807, 2.05) is 31.2 Å². The van der Waals surface area contributed by atoms with Gasteiger partial charge in [-0.05, 0) is 30.7 Å². The molecular formula is C22H22N2O6. The van der Waals surface area contributed by atoms with Gasteiger partial charge in [0.1, 0.15) is 11.7 Å². The van der Waals surface area contributed by atoms with Gasteiger partial charge < -0.3 is 29.5 Å². The number of para-hydroxylation sites is 1. The third-order valence-electron chi connectivity index (χ3n) is 6.00. The highest BCUT2D eigenvalue weighted by Gasteiger charge is 2.55. The Balaban J connectivity index is 1.50. The molecule has 0 aliphatic carbocycles. The van der Waals surface area contributed by atoms with Gasteiger partial charge in [0.15, 0.2) is 17.2 Å². The maximum atomic E-state index is 13.4. The van der Waals surface area contributed by atoms with Gasteiger partial charge in [0, 0.05) is 30.6 Å². The molecule has 2 aromatic rings. The number of hydrogen-bond donors (Lipinski definition) is 2. The summed E-state index contributed by atoms with van der Waals surface area (Å²) in [6.45, 7) is 1.85. The molecule has 1 saturated heterocycles. The minimum Gasteiger partial charge on any atom is -0.468 e. The lowest BCUT2D eigenvalue weighted by Crippen LogP contribution is -2.64. The van der Waals surface area contributed by atoms with Gasteiger partial charge in [-0.25, -0.2) is 0 Å². The molecule has 0 aromatic heterocycles. The average Bonchev–Trinajstić information content (AvgIpc) is 3.19. The highest BCUT2D eigenvalue weighted by Crippen LogP contribution is 2.50. The summed E-state index contributed by atoms with van der Waals surface area (Å²) in [6, 6.07) is 12.6. The number of benzene rings is 2. The molecule has 2 N–H and O–H groups in total. The molecule has 8 heteroatoms. The average molecular weight is 410 g/mol. The number of hydrogen-bond acceptors (Lipinski definition) is 6. The van der Waals surface area contributed by atoms with Gasteiger partial charge >= 0.3 is 0 Å². The van der Waals surface area contributed by atoms with Crippen LogP contribution in [0.1, 0.15) is 24.8 Å². The Morgan fingerprint density at radius 1 is 1.20 bits per heavy atom. The number of ether oxygens (including phenoxy) is 3. The lowest BCUT2D eigenvalue weighted by atomic mass is 9.73. The molecule has 2 aromatic carbocycles. The minimum atomic E-state index is -0.930. The predicted octanol–water partition coefficient (Wildman–Crippen LogP) is 2.09. The lowest BCUT2D eigenvalue weighted by Gasteiger charge is -2.52. The van der Waals surface area contributed by atoms with Crippen LogP contribution in [0.2, 0.25) is 0 Å². The first-order valence-corrected chi connectivity index (χ1v) is 9.91. The fourth-order valence-electron chi connectivity index (χ4n) is 4.65. The number of carbonyl (C=O) groups is 2. The van der Waals surface area contributed by atoms with Crippen molar-refractivity contribution in [3.05, 3.63) is 48.0 Å². The van der Waals surface area contributed by atoms with Crippen LogP contribution in [0.5, 0.6) is 17.2 Å². The summed E-state index contributed by atoms with van der Waals surface area (Å²) in [5, 5.41) is 12.4. The second-order valence-electron chi connectivity index (χ2n) is 7.87. The summed E-state index contributed by atoms with van der Waals surface area (Å²) in [6.07, 6.45) is 0.467. The predicted molar refractivity (Wildman–Crippen MR) is 106 cm³/mol. The van der Waals surface area contributed by atoms with E-state index in [0.29, 0.717) is 29.4 Å². The van der Waals surface area contributed by atoms with Crippen molar-refractivity contribution in [2.24, 2.45) is 5.92 Å². The van der Waals surface area contributed by atoms with E-state index in [1.165, 1.54) is 4.90 Å². The second kappa shape index (κ2) is 6.91. The Bertz CT molecular complexity index is 1020. The van der Waals surface area contributed by atoms with Crippen molar-refractivity contribution in [3.8, 4) is 17.2 Å². The first-order chi connectivity index (χ1) is 14.5. The van der Waals surface area contributed by atoms with Gasteiger partial charge in [0.2, 0.25) is 18.6 Å². The molecule has 0 spiro atoms. The monoisotopic (exact) mass is 410 g/mol. The number of aliphatic hydroxyl groups excluding tert-OH is 1. The van der Waals surface area contributed by atoms with Crippen LogP contribution in [0.25, 0.3) is 0 Å². The molecule has 3 atom stereocenters. The van der Waals surface area contributed by atoms with Gasteiger partial charge in [0.05, 0.1) is 6.61 Å². The highest BCUT2D eigenvalue weighted by molar-refractivity contribution is 6.08. The van der Waals surface area contributed by atoms with Crippen molar-refractivity contribution in [2.75, 3.05) is 25.3 Å². The maximum Gasteiger partial charge on any atom is 0.238 e. The molecule has 2 bridgehead atoms. The van der Waals surface area contributed by atoms with Gasteiger partial charge in [-0.15, -0.1) is 0 Å². The van der Waals surface area contributed by atoms with E-state index in [-0.39, 0.29) is 31.8 Å². The molecule has 30 heavy (non-hydrogen) atoms. The van der Waals surface area contributed by atoms with Gasteiger partial charge in [0.25, 0.3) is 0 Å². The molecule has 1 fully saturated rings. The molecule has 2 amide bonds. The van der Waals surface area contributed by atoms with E-state index in [1.54, 1.807) is 18.2 Å². The van der Waals surface area contributed by atoms with E-state index >= 15 is 0 Å². The zero-order valence-electron chi connectivity index (χ0n) is 16.5. The molecule has 156 valence electrons. The van der Waals surface area contributed by atoms with Crippen LogP contribution in [0.4, 0.5) is 5.69 Å². The van der Waals surface area contributed by atoms with Gasteiger partial charge in [-0.2, -0.15) is 0 Å². The number of β-amino-alcohol motifs (C(OH)–C–C–N with tert-alkyl or cyclic N) is 1. The zero-order chi connectivity index (χ0) is 20.9. The van der Waals surface area contributed by atoms with E-state index in [9.17, 15) is 14.7 Å². The number of aliphatic hydroxyl groups is 1. The molecule has 8 nitrogen and oxygen atoms in total. The number of anilines is 1. The lowest BCUT2D eigenvalue weighted by molar-refractivity contribution is -0.176. The van der Waals surface area contributed by atoms with Crippen LogP contribution in [-0.4, -0.2) is 47.5 Å². The Morgan fingerprint density at radius 3 is 2.83 bits per heavy atom. The van der Waals surface area contributed by atoms with Crippen molar-refractivity contribution in [2.45, 2.75) is 25.0 Å². The number of likely N-dealkylation sites (tertiary alicyclic amines) is 1. The largest absolute Gasteiger partial charge is 0.468 e. The first kappa shape index (κ1) is 18.7. The van der Waals surface area contributed by atoms with Crippen molar-refractivity contribution < 1.29 is 28.9 Å². The summed E-state index contributed by atoms with van der Waals surface area (Å²) in [5.41, 5.74) is 0.464. The van der Waals surface area contributed by atoms with E-state index in [4.69, 9.17) is 14.2 Å². The number of rotatable bonds is 4. The summed E-state index contributed by atoms with van der Waals surface area (Å²) in [4.78, 5) is 28.2. The molecule has 5 rings (SSSR count). The van der Waals surface area contributed by atoms with Crippen LogP contribution in [0.3, 0.4) is 0 Å². The topological polar surface area (TPSA) is 97.3 Å². The van der Waals surface area contributed by atoms with Crippen molar-refractivity contribution >= 4 is 17.5 Å². The number of nitrogens with one attached hydrogen (secondary N) is 1. The fourth-order valence-corrected chi connectivity index (χ4v) is 4.65. The fraction of sp³-hybridized carbons (Fsp3) is 0.364. The first-order valence-electron chi connectivity index (χ1n) is 9.91. The number of fused-ring (bicyclic) bond motifs is 5.